The highest BCUT2D eigenvalue weighted by Gasteiger charge is 2.16. The molecule has 0 aliphatic heterocycles. The summed E-state index contributed by atoms with van der Waals surface area (Å²) in [6.45, 7) is 9.40. The van der Waals surface area contributed by atoms with Gasteiger partial charge in [-0.2, -0.15) is 0 Å². The second-order valence-electron chi connectivity index (χ2n) is 4.30. The highest BCUT2D eigenvalue weighted by atomic mass is 16.5. The van der Waals surface area contributed by atoms with Crippen LogP contribution < -0.4 is 4.74 Å². The highest BCUT2D eigenvalue weighted by molar-refractivity contribution is 5.84. The first kappa shape index (κ1) is 14.6. The molecule has 0 amide bonds. The molecule has 2 nitrogen and oxygen atoms in total. The van der Waals surface area contributed by atoms with E-state index >= 15 is 0 Å². The normalized spacial score (nSPS) is 10.1. The van der Waals surface area contributed by atoms with Crippen LogP contribution in [0.3, 0.4) is 0 Å². The average molecular weight is 248 g/mol. The van der Waals surface area contributed by atoms with E-state index in [2.05, 4.69) is 38.6 Å². The number of fused-ring (bicyclic) bond motifs is 1. The van der Waals surface area contributed by atoms with Crippen molar-refractivity contribution in [3.63, 3.8) is 0 Å². The maximum absolute atomic E-state index is 5.50. The molecule has 0 saturated carbocycles. The summed E-state index contributed by atoms with van der Waals surface area (Å²) in [6, 6.07) is 6.32. The zero-order valence-corrected chi connectivity index (χ0v) is 11.6. The molecule has 0 aromatic heterocycles. The maximum Gasteiger partial charge on any atom is 0.127 e. The SMILES string of the molecule is C=COCCCC.CCCCOc1cc2ccc1-2. The van der Waals surface area contributed by atoms with Gasteiger partial charge in [0.2, 0.25) is 0 Å². The molecule has 0 spiro atoms. The van der Waals surface area contributed by atoms with Gasteiger partial charge in [0, 0.05) is 5.56 Å². The van der Waals surface area contributed by atoms with E-state index in [0.29, 0.717) is 0 Å². The molecule has 0 fully saturated rings. The Labute approximate surface area is 111 Å². The minimum atomic E-state index is 0.819. The number of rotatable bonds is 8. The van der Waals surface area contributed by atoms with Gasteiger partial charge >= 0.3 is 0 Å². The summed E-state index contributed by atoms with van der Waals surface area (Å²) in [4.78, 5) is 0. The largest absolute Gasteiger partial charge is 0.502 e. The molecule has 100 valence electrons. The van der Waals surface area contributed by atoms with Crippen molar-refractivity contribution in [3.8, 4) is 16.9 Å². The average Bonchev–Trinajstić information content (AvgIpc) is 2.36. The lowest BCUT2D eigenvalue weighted by atomic mass is 9.92. The van der Waals surface area contributed by atoms with Crippen LogP contribution in [0, 0.1) is 0 Å². The number of ether oxygens (including phenoxy) is 2. The lowest BCUT2D eigenvalue weighted by Gasteiger charge is -2.20. The van der Waals surface area contributed by atoms with E-state index in [0.717, 1.165) is 31.8 Å². The van der Waals surface area contributed by atoms with Crippen LogP contribution in [0.5, 0.6) is 5.75 Å². The minimum absolute atomic E-state index is 0.819. The van der Waals surface area contributed by atoms with Crippen LogP contribution >= 0.6 is 0 Å². The van der Waals surface area contributed by atoms with Gasteiger partial charge in [0.15, 0.2) is 0 Å². The molecule has 2 aliphatic carbocycles. The Bertz CT molecular complexity index is 358. The van der Waals surface area contributed by atoms with E-state index in [-0.39, 0.29) is 0 Å². The maximum atomic E-state index is 5.50. The van der Waals surface area contributed by atoms with Gasteiger partial charge in [-0.05, 0) is 24.5 Å². The molecule has 0 unspecified atom stereocenters. The standard InChI is InChI=1S/C10H12O.C6H12O/c1-2-3-6-11-10-7-8-4-5-9(8)10;1-3-5-6-7-4-2/h4-5,7H,2-3,6H2,1H3;4H,2-3,5-6H2,1H3. The molecule has 0 heterocycles. The van der Waals surface area contributed by atoms with Crippen LogP contribution in [0.4, 0.5) is 0 Å². The molecule has 0 N–H and O–H groups in total. The predicted octanol–water partition coefficient (Wildman–Crippen LogP) is 4.79. The van der Waals surface area contributed by atoms with Crippen molar-refractivity contribution in [1.29, 1.82) is 0 Å². The van der Waals surface area contributed by atoms with Gasteiger partial charge in [0.25, 0.3) is 0 Å². The molecular weight excluding hydrogens is 224 g/mol. The molecule has 0 aromatic rings. The van der Waals surface area contributed by atoms with Crippen LogP contribution in [0.15, 0.2) is 31.0 Å². The van der Waals surface area contributed by atoms with E-state index in [4.69, 9.17) is 9.47 Å². The molecule has 0 bridgehead atoms. The predicted molar refractivity (Wildman–Crippen MR) is 76.9 cm³/mol. The topological polar surface area (TPSA) is 18.5 Å². The Morgan fingerprint density at radius 1 is 1.11 bits per heavy atom. The summed E-state index contributed by atoms with van der Waals surface area (Å²) in [6.07, 6.45) is 6.16. The fourth-order valence-corrected chi connectivity index (χ4v) is 1.51. The fourth-order valence-electron chi connectivity index (χ4n) is 1.51. The molecule has 2 heteroatoms. The molecule has 0 saturated heterocycles. The van der Waals surface area contributed by atoms with Crippen molar-refractivity contribution in [2.24, 2.45) is 0 Å². The zero-order valence-electron chi connectivity index (χ0n) is 11.6. The minimum Gasteiger partial charge on any atom is -0.502 e. The summed E-state index contributed by atoms with van der Waals surface area (Å²) in [7, 11) is 0. The highest BCUT2D eigenvalue weighted by Crippen LogP contribution is 2.42. The first-order chi connectivity index (χ1) is 8.83. The summed E-state index contributed by atoms with van der Waals surface area (Å²) in [5.74, 6) is 1.09. The van der Waals surface area contributed by atoms with Crippen molar-refractivity contribution in [2.75, 3.05) is 13.2 Å². The zero-order chi connectivity index (χ0) is 13.2. The van der Waals surface area contributed by atoms with Crippen LogP contribution in [0.25, 0.3) is 11.1 Å². The van der Waals surface area contributed by atoms with Crippen molar-refractivity contribution < 1.29 is 9.47 Å². The van der Waals surface area contributed by atoms with Gasteiger partial charge in [-0.3, -0.25) is 0 Å². The number of unbranched alkanes of at least 4 members (excludes halogenated alkanes) is 2. The van der Waals surface area contributed by atoms with Crippen LogP contribution in [-0.4, -0.2) is 13.2 Å². The fraction of sp³-hybridized carbons (Fsp3) is 0.500. The lowest BCUT2D eigenvalue weighted by Crippen LogP contribution is -2.03. The van der Waals surface area contributed by atoms with Crippen molar-refractivity contribution in [3.05, 3.63) is 31.0 Å². The van der Waals surface area contributed by atoms with Gasteiger partial charge in [-0.25, -0.2) is 0 Å². The van der Waals surface area contributed by atoms with E-state index in [1.165, 1.54) is 30.2 Å². The van der Waals surface area contributed by atoms with E-state index in [1.807, 2.05) is 0 Å². The molecule has 18 heavy (non-hydrogen) atoms. The third-order valence-electron chi connectivity index (χ3n) is 2.78. The number of hydrogen-bond acceptors (Lipinski definition) is 2. The third-order valence-corrected chi connectivity index (χ3v) is 2.78. The van der Waals surface area contributed by atoms with Gasteiger partial charge in [-0.15, -0.1) is 0 Å². The molecule has 2 rings (SSSR count). The summed E-state index contributed by atoms with van der Waals surface area (Å²) < 4.78 is 10.3. The van der Waals surface area contributed by atoms with Gasteiger partial charge in [0.1, 0.15) is 5.75 Å². The molecule has 0 aromatic carbocycles. The third kappa shape index (κ3) is 4.44. The smallest absolute Gasteiger partial charge is 0.127 e. The Hall–Kier alpha value is -1.44. The van der Waals surface area contributed by atoms with E-state index < -0.39 is 0 Å². The first-order valence-corrected chi connectivity index (χ1v) is 6.83. The van der Waals surface area contributed by atoms with Gasteiger partial charge in [0.05, 0.1) is 19.5 Å². The Balaban J connectivity index is 0.000000203. The lowest BCUT2D eigenvalue weighted by molar-refractivity contribution is 0.245. The summed E-state index contributed by atoms with van der Waals surface area (Å²) >= 11 is 0. The Morgan fingerprint density at radius 3 is 2.28 bits per heavy atom. The Kier molecular flexibility index (Phi) is 7.00. The molecule has 0 atom stereocenters. The molecular formula is C16H24O2. The summed E-state index contributed by atoms with van der Waals surface area (Å²) in [5.41, 5.74) is 2.68. The monoisotopic (exact) mass is 248 g/mol. The second-order valence-corrected chi connectivity index (χ2v) is 4.30. The number of hydrogen-bond donors (Lipinski definition) is 0. The van der Waals surface area contributed by atoms with Gasteiger partial charge in [-0.1, -0.05) is 45.4 Å². The summed E-state index contributed by atoms with van der Waals surface area (Å²) in [5, 5.41) is 0. The van der Waals surface area contributed by atoms with Crippen LogP contribution in [-0.2, 0) is 4.74 Å². The van der Waals surface area contributed by atoms with E-state index in [1.54, 1.807) is 0 Å². The Morgan fingerprint density at radius 2 is 1.83 bits per heavy atom. The quantitative estimate of drug-likeness (QED) is 0.494. The van der Waals surface area contributed by atoms with Crippen LogP contribution in [0.1, 0.15) is 39.5 Å². The van der Waals surface area contributed by atoms with Crippen LogP contribution in [0.2, 0.25) is 0 Å². The van der Waals surface area contributed by atoms with Crippen molar-refractivity contribution >= 4 is 0 Å². The molecule has 0 radical (unpaired) electrons. The second kappa shape index (κ2) is 8.62. The van der Waals surface area contributed by atoms with Crippen molar-refractivity contribution in [2.45, 2.75) is 39.5 Å². The van der Waals surface area contributed by atoms with Gasteiger partial charge < -0.3 is 9.47 Å². The first-order valence-electron chi connectivity index (χ1n) is 6.83. The van der Waals surface area contributed by atoms with E-state index in [9.17, 15) is 0 Å². The van der Waals surface area contributed by atoms with Crippen molar-refractivity contribution in [1.82, 2.24) is 0 Å². The molecule has 2 aliphatic rings. The number of benzene rings is 1.